The van der Waals surface area contributed by atoms with Gasteiger partial charge < -0.3 is 23.8 Å². The minimum absolute atomic E-state index is 0.270. The molecular weight excluding hydrogens is 411 g/mol. The van der Waals surface area contributed by atoms with Crippen LogP contribution in [0.25, 0.3) is 0 Å². The Morgan fingerprint density at radius 3 is 2.24 bits per heavy atom. The molecule has 168 valence electrons. The minimum atomic E-state index is -3.51. The SMILES string of the molecule is CCCCOC[C@H]1OP(=O)(c2cccs2)C(O)[C@@H](OCCCC)[C@@H]1OCCCC. The first-order valence-corrected chi connectivity index (χ1v) is 13.5. The van der Waals surface area contributed by atoms with Crippen LogP contribution in [0.1, 0.15) is 59.3 Å². The van der Waals surface area contributed by atoms with E-state index in [0.29, 0.717) is 24.4 Å². The Morgan fingerprint density at radius 1 is 1.03 bits per heavy atom. The molecule has 0 bridgehead atoms. The molecule has 6 nitrogen and oxygen atoms in total. The minimum Gasteiger partial charge on any atom is -0.380 e. The predicted molar refractivity (Wildman–Crippen MR) is 117 cm³/mol. The molecule has 0 radical (unpaired) electrons. The molecule has 1 aromatic rings. The van der Waals surface area contributed by atoms with Gasteiger partial charge in [0.1, 0.15) is 18.3 Å². The second kappa shape index (κ2) is 13.2. The summed E-state index contributed by atoms with van der Waals surface area (Å²) >= 11 is 1.33. The standard InChI is InChI=1S/C21H37O6PS/c1-4-7-12-24-16-17-19(25-13-8-5-2)20(26-14-9-6-3)21(22)28(23,27-17)18-11-10-15-29-18/h10-11,15,17,19-22H,4-9,12-14,16H2,1-3H3/t17-,19-,20+,21?,28?/m1/s1. The second-order valence-electron chi connectivity index (χ2n) is 7.41. The maximum absolute atomic E-state index is 13.8. The predicted octanol–water partition coefficient (Wildman–Crippen LogP) is 4.56. The van der Waals surface area contributed by atoms with Gasteiger partial charge >= 0.3 is 0 Å². The Kier molecular flexibility index (Phi) is 11.4. The van der Waals surface area contributed by atoms with Crippen LogP contribution in [0.5, 0.6) is 0 Å². The summed E-state index contributed by atoms with van der Waals surface area (Å²) in [5.74, 6) is -1.25. The Balaban J connectivity index is 2.24. The fourth-order valence-corrected chi connectivity index (χ4v) is 6.90. The topological polar surface area (TPSA) is 74.2 Å². The Morgan fingerprint density at radius 2 is 1.66 bits per heavy atom. The van der Waals surface area contributed by atoms with Gasteiger partial charge in [-0.15, -0.1) is 11.3 Å². The van der Waals surface area contributed by atoms with Crippen LogP contribution in [-0.4, -0.2) is 55.7 Å². The maximum Gasteiger partial charge on any atom is 0.272 e. The normalized spacial score (nSPS) is 29.9. The number of thiophene rings is 1. The number of hydrogen-bond acceptors (Lipinski definition) is 7. The molecule has 0 aliphatic carbocycles. The lowest BCUT2D eigenvalue weighted by Gasteiger charge is -2.43. The molecule has 1 aliphatic heterocycles. The van der Waals surface area contributed by atoms with Gasteiger partial charge in [-0.05, 0) is 30.7 Å². The third kappa shape index (κ3) is 6.86. The summed E-state index contributed by atoms with van der Waals surface area (Å²) in [5, 5.41) is 12.9. The molecule has 1 aromatic heterocycles. The summed E-state index contributed by atoms with van der Waals surface area (Å²) < 4.78 is 38.4. The highest BCUT2D eigenvalue weighted by Crippen LogP contribution is 2.57. The van der Waals surface area contributed by atoms with Crippen molar-refractivity contribution in [2.45, 2.75) is 83.5 Å². The average molecular weight is 449 g/mol. The number of ether oxygens (including phenoxy) is 3. The molecule has 5 atom stereocenters. The van der Waals surface area contributed by atoms with Crippen molar-refractivity contribution in [3.63, 3.8) is 0 Å². The lowest BCUT2D eigenvalue weighted by molar-refractivity contribution is -0.166. The van der Waals surface area contributed by atoms with Crippen LogP contribution in [0.15, 0.2) is 17.5 Å². The quantitative estimate of drug-likeness (QED) is 0.332. The molecule has 0 amide bonds. The zero-order chi connectivity index (χ0) is 21.1. The third-order valence-corrected chi connectivity index (χ3v) is 9.07. The summed E-state index contributed by atoms with van der Waals surface area (Å²) in [6.45, 7) is 8.20. The molecule has 29 heavy (non-hydrogen) atoms. The van der Waals surface area contributed by atoms with E-state index in [0.717, 1.165) is 38.5 Å². The van der Waals surface area contributed by atoms with Crippen LogP contribution in [0.2, 0.25) is 0 Å². The van der Waals surface area contributed by atoms with Crippen LogP contribution in [0.4, 0.5) is 0 Å². The zero-order valence-corrected chi connectivity index (χ0v) is 19.7. The summed E-state index contributed by atoms with van der Waals surface area (Å²) in [5.41, 5.74) is 0. The number of aliphatic hydroxyl groups excluding tert-OH is 1. The molecule has 2 heterocycles. The molecule has 8 heteroatoms. The van der Waals surface area contributed by atoms with Gasteiger partial charge in [-0.1, -0.05) is 46.1 Å². The molecule has 0 saturated carbocycles. The van der Waals surface area contributed by atoms with E-state index in [4.69, 9.17) is 18.7 Å². The highest BCUT2D eigenvalue weighted by Gasteiger charge is 2.54. The molecule has 1 fully saturated rings. The van der Waals surface area contributed by atoms with Crippen molar-refractivity contribution in [3.8, 4) is 0 Å². The zero-order valence-electron chi connectivity index (χ0n) is 18.0. The van der Waals surface area contributed by atoms with E-state index in [1.807, 2.05) is 11.4 Å². The molecule has 2 unspecified atom stereocenters. The van der Waals surface area contributed by atoms with Crippen molar-refractivity contribution >= 4 is 23.3 Å². The van der Waals surface area contributed by atoms with Crippen molar-refractivity contribution in [1.82, 2.24) is 0 Å². The molecule has 0 spiro atoms. The molecular formula is C21H37O6PS. The first-order valence-electron chi connectivity index (χ1n) is 10.9. The number of aliphatic hydroxyl groups is 1. The third-order valence-electron chi connectivity index (χ3n) is 4.98. The largest absolute Gasteiger partial charge is 0.380 e. The van der Waals surface area contributed by atoms with Gasteiger partial charge in [0.15, 0.2) is 5.85 Å². The molecule has 1 aliphatic rings. The fourth-order valence-electron chi connectivity index (χ4n) is 3.21. The average Bonchev–Trinajstić information content (AvgIpc) is 3.26. The first kappa shape index (κ1) is 25.0. The van der Waals surface area contributed by atoms with Gasteiger partial charge in [0.2, 0.25) is 0 Å². The Hall–Kier alpha value is -0.270. The molecule has 1 saturated heterocycles. The van der Waals surface area contributed by atoms with Gasteiger partial charge in [0.25, 0.3) is 7.37 Å². The van der Waals surface area contributed by atoms with E-state index in [9.17, 15) is 9.67 Å². The second-order valence-corrected chi connectivity index (χ2v) is 11.1. The van der Waals surface area contributed by atoms with Crippen molar-refractivity contribution < 1.29 is 28.4 Å². The summed E-state index contributed by atoms with van der Waals surface area (Å²) in [4.78, 5) is 0. The van der Waals surface area contributed by atoms with Crippen molar-refractivity contribution in [2.24, 2.45) is 0 Å². The Labute approximate surface area is 179 Å². The van der Waals surface area contributed by atoms with Gasteiger partial charge in [0, 0.05) is 19.8 Å². The van der Waals surface area contributed by atoms with Crippen LogP contribution in [0, 0.1) is 0 Å². The van der Waals surface area contributed by atoms with E-state index in [1.165, 1.54) is 11.3 Å². The summed E-state index contributed by atoms with van der Waals surface area (Å²) in [6, 6.07) is 3.57. The van der Waals surface area contributed by atoms with Crippen molar-refractivity contribution in [1.29, 1.82) is 0 Å². The maximum atomic E-state index is 13.8. The lowest BCUT2D eigenvalue weighted by atomic mass is 10.1. The number of rotatable bonds is 14. The summed E-state index contributed by atoms with van der Waals surface area (Å²) in [6.07, 6.45) is 3.97. The van der Waals surface area contributed by atoms with Crippen LogP contribution in [0.3, 0.4) is 0 Å². The molecule has 0 aromatic carbocycles. The van der Waals surface area contributed by atoms with Crippen LogP contribution < -0.4 is 4.62 Å². The summed E-state index contributed by atoms with van der Waals surface area (Å²) in [7, 11) is -3.51. The monoisotopic (exact) mass is 448 g/mol. The highest BCUT2D eigenvalue weighted by atomic mass is 32.1. The first-order chi connectivity index (χ1) is 14.1. The lowest BCUT2D eigenvalue weighted by Crippen LogP contribution is -2.55. The number of unbranched alkanes of at least 4 members (excludes halogenated alkanes) is 3. The van der Waals surface area contributed by atoms with E-state index < -0.39 is 31.5 Å². The van der Waals surface area contributed by atoms with E-state index in [2.05, 4.69) is 20.8 Å². The van der Waals surface area contributed by atoms with E-state index in [1.54, 1.807) is 6.07 Å². The van der Waals surface area contributed by atoms with Gasteiger partial charge in [-0.2, -0.15) is 0 Å². The van der Waals surface area contributed by atoms with E-state index in [-0.39, 0.29) is 6.61 Å². The van der Waals surface area contributed by atoms with Crippen molar-refractivity contribution in [3.05, 3.63) is 17.5 Å². The van der Waals surface area contributed by atoms with Crippen LogP contribution in [-0.2, 0) is 23.3 Å². The van der Waals surface area contributed by atoms with Crippen LogP contribution >= 0.6 is 18.7 Å². The van der Waals surface area contributed by atoms with Gasteiger partial charge in [0.05, 0.1) is 11.2 Å². The molecule has 1 N–H and O–H groups in total. The number of hydrogen-bond donors (Lipinski definition) is 1. The highest BCUT2D eigenvalue weighted by molar-refractivity contribution is 7.73. The molecule has 2 rings (SSSR count). The van der Waals surface area contributed by atoms with Crippen molar-refractivity contribution in [2.75, 3.05) is 26.4 Å². The smallest absolute Gasteiger partial charge is 0.272 e. The van der Waals surface area contributed by atoms with E-state index >= 15 is 0 Å². The van der Waals surface area contributed by atoms with Gasteiger partial charge in [-0.25, -0.2) is 0 Å². The van der Waals surface area contributed by atoms with Gasteiger partial charge in [-0.3, -0.25) is 4.57 Å². The Bertz CT molecular complexity index is 596. The fraction of sp³-hybridized carbons (Fsp3) is 0.810.